The maximum Gasteiger partial charge on any atom is 0.156 e. The molecule has 3 heterocycles. The number of imidazole rings is 1. The number of fused-ring (bicyclic) bond motifs is 15. The summed E-state index contributed by atoms with van der Waals surface area (Å²) in [5.41, 5.74) is 7.90. The van der Waals surface area contributed by atoms with Crippen molar-refractivity contribution in [1.29, 1.82) is 0 Å². The van der Waals surface area contributed by atoms with E-state index < -0.39 is 0 Å². The molecule has 0 unspecified atom stereocenters. The molecule has 0 radical (unpaired) electrons. The number of hydrogen-bond acceptors (Lipinski definition) is 2. The Kier molecular flexibility index (Phi) is 5.68. The summed E-state index contributed by atoms with van der Waals surface area (Å²) in [5, 5.41) is 15.3. The van der Waals surface area contributed by atoms with Crippen molar-refractivity contribution in [2.75, 3.05) is 0 Å². The van der Waals surface area contributed by atoms with Gasteiger partial charge in [-0.05, 0) is 107 Å². The Morgan fingerprint density at radius 1 is 0.385 bits per heavy atom. The van der Waals surface area contributed by atoms with Crippen molar-refractivity contribution in [2.24, 2.45) is 0 Å². The number of hydrogen-bond donors (Lipinski definition) is 0. The fraction of sp³-hybridized carbons (Fsp3) is 0. The van der Waals surface area contributed by atoms with Crippen molar-refractivity contribution in [3.05, 3.63) is 170 Å². The van der Waals surface area contributed by atoms with Crippen molar-refractivity contribution in [3.63, 3.8) is 0 Å². The van der Waals surface area contributed by atoms with Gasteiger partial charge in [-0.25, -0.2) is 4.98 Å². The summed E-state index contributed by atoms with van der Waals surface area (Å²) >= 11 is 1.85. The van der Waals surface area contributed by atoms with Crippen LogP contribution in [0.3, 0.4) is 0 Å². The van der Waals surface area contributed by atoms with Crippen LogP contribution >= 0.6 is 11.3 Å². The van der Waals surface area contributed by atoms with Crippen LogP contribution in [-0.4, -0.2) is 9.38 Å². The molecule has 0 aliphatic heterocycles. The van der Waals surface area contributed by atoms with Gasteiger partial charge in [0.15, 0.2) is 5.65 Å². The Hall–Kier alpha value is -6.55. The van der Waals surface area contributed by atoms with Crippen LogP contribution in [0.25, 0.3) is 113 Å². The smallest absolute Gasteiger partial charge is 0.156 e. The van der Waals surface area contributed by atoms with Gasteiger partial charge in [0, 0.05) is 15.5 Å². The fourth-order valence-electron chi connectivity index (χ4n) is 8.60. The lowest BCUT2D eigenvalue weighted by molar-refractivity contribution is 1.25. The lowest BCUT2D eigenvalue weighted by atomic mass is 9.92. The molecule has 0 atom stereocenters. The van der Waals surface area contributed by atoms with Crippen LogP contribution in [0.1, 0.15) is 0 Å². The first-order chi connectivity index (χ1) is 25.7. The van der Waals surface area contributed by atoms with Crippen LogP contribution in [-0.2, 0) is 0 Å². The molecule has 0 aliphatic carbocycles. The Morgan fingerprint density at radius 2 is 0.923 bits per heavy atom. The van der Waals surface area contributed by atoms with E-state index in [0.717, 1.165) is 22.4 Å². The molecule has 0 saturated carbocycles. The number of nitrogens with zero attached hydrogens (tertiary/aromatic N) is 2. The van der Waals surface area contributed by atoms with E-state index in [0.29, 0.717) is 0 Å². The summed E-state index contributed by atoms with van der Waals surface area (Å²) in [6.45, 7) is 0. The molecular formula is C49H28N2S. The molecule has 3 aromatic heterocycles. The highest BCUT2D eigenvalue weighted by Crippen LogP contribution is 2.43. The zero-order chi connectivity index (χ0) is 33.9. The highest BCUT2D eigenvalue weighted by molar-refractivity contribution is 7.26. The van der Waals surface area contributed by atoms with E-state index in [1.54, 1.807) is 0 Å². The molecule has 0 saturated heterocycles. The maximum atomic E-state index is 5.36. The molecule has 9 aromatic carbocycles. The van der Waals surface area contributed by atoms with Crippen LogP contribution in [0.4, 0.5) is 0 Å². The lowest BCUT2D eigenvalue weighted by Gasteiger charge is -2.13. The molecule has 12 aromatic rings. The summed E-state index contributed by atoms with van der Waals surface area (Å²) in [7, 11) is 0. The summed E-state index contributed by atoms with van der Waals surface area (Å²) in [5.74, 6) is 0. The first-order valence-electron chi connectivity index (χ1n) is 17.8. The molecule has 0 fully saturated rings. The zero-order valence-corrected chi connectivity index (χ0v) is 28.8. The van der Waals surface area contributed by atoms with Crippen molar-refractivity contribution in [2.45, 2.75) is 0 Å². The van der Waals surface area contributed by atoms with Gasteiger partial charge in [-0.15, -0.1) is 11.3 Å². The maximum absolute atomic E-state index is 5.36. The number of pyridine rings is 1. The van der Waals surface area contributed by atoms with Crippen LogP contribution in [0.5, 0.6) is 0 Å². The largest absolute Gasteiger partial charge is 0.291 e. The van der Waals surface area contributed by atoms with Crippen molar-refractivity contribution in [1.82, 2.24) is 9.38 Å². The standard InChI is InChI=1S/C49H28N2S/c1-4-12-34-27-47-42(24-31(34)9-1)43-28-45(51-46-26-33-11-3-2-10-32(33)25-44(46)50-49(51)48(43)52-47)30-19-17-29(18-20-30)35-21-22-40-38-15-6-5-13-36(38)37-14-7-8-16-39(37)41(40)23-35/h1-28H. The van der Waals surface area contributed by atoms with E-state index in [-0.39, 0.29) is 0 Å². The second-order valence-electron chi connectivity index (χ2n) is 14.0. The van der Waals surface area contributed by atoms with Gasteiger partial charge in [-0.3, -0.25) is 4.40 Å². The van der Waals surface area contributed by atoms with Gasteiger partial charge in [0.2, 0.25) is 0 Å². The predicted molar refractivity (Wildman–Crippen MR) is 224 cm³/mol. The molecule has 0 spiro atoms. The predicted octanol–water partition coefficient (Wildman–Crippen LogP) is 14.0. The number of rotatable bonds is 2. The van der Waals surface area contributed by atoms with Crippen molar-refractivity contribution >= 4 is 102 Å². The third kappa shape index (κ3) is 3.97. The Balaban J connectivity index is 1.09. The Morgan fingerprint density at radius 3 is 1.62 bits per heavy atom. The molecule has 52 heavy (non-hydrogen) atoms. The van der Waals surface area contributed by atoms with Gasteiger partial charge in [0.1, 0.15) is 0 Å². The van der Waals surface area contributed by atoms with E-state index in [9.17, 15) is 0 Å². The molecule has 3 heteroatoms. The van der Waals surface area contributed by atoms with E-state index in [1.165, 1.54) is 90.7 Å². The third-order valence-electron chi connectivity index (χ3n) is 11.1. The number of aromatic nitrogens is 2. The average Bonchev–Trinajstić information content (AvgIpc) is 3.76. The summed E-state index contributed by atoms with van der Waals surface area (Å²) in [6, 6.07) is 62.6. The highest BCUT2D eigenvalue weighted by Gasteiger charge is 2.19. The molecule has 0 N–H and O–H groups in total. The SMILES string of the molecule is c1ccc2cc3c(cc2c1)nc1c2sc4cc5ccccc5cc4c2cc(-c2ccc(-c4ccc5c6ccccc6c6ccccc6c5c4)cc2)n31. The summed E-state index contributed by atoms with van der Waals surface area (Å²) < 4.78 is 4.90. The van der Waals surface area contributed by atoms with Gasteiger partial charge in [0.25, 0.3) is 0 Å². The van der Waals surface area contributed by atoms with Crippen molar-refractivity contribution in [3.8, 4) is 22.4 Å². The average molecular weight is 677 g/mol. The van der Waals surface area contributed by atoms with Crippen LogP contribution in [0.15, 0.2) is 170 Å². The monoisotopic (exact) mass is 676 g/mol. The van der Waals surface area contributed by atoms with Gasteiger partial charge >= 0.3 is 0 Å². The number of benzene rings is 9. The second-order valence-corrected chi connectivity index (χ2v) is 15.0. The highest BCUT2D eigenvalue weighted by atomic mass is 32.1. The van der Waals surface area contributed by atoms with E-state index in [2.05, 4.69) is 174 Å². The molecule has 240 valence electrons. The fourth-order valence-corrected chi connectivity index (χ4v) is 9.80. The minimum absolute atomic E-state index is 1.01. The van der Waals surface area contributed by atoms with E-state index >= 15 is 0 Å². The molecule has 0 bridgehead atoms. The van der Waals surface area contributed by atoms with Gasteiger partial charge < -0.3 is 0 Å². The van der Waals surface area contributed by atoms with Gasteiger partial charge in [-0.1, -0.05) is 133 Å². The lowest BCUT2D eigenvalue weighted by Crippen LogP contribution is -1.93. The van der Waals surface area contributed by atoms with Gasteiger partial charge in [0.05, 0.1) is 21.4 Å². The Labute approximate surface area is 302 Å². The van der Waals surface area contributed by atoms with E-state index in [1.807, 2.05) is 11.3 Å². The normalized spacial score (nSPS) is 12.2. The zero-order valence-electron chi connectivity index (χ0n) is 28.0. The third-order valence-corrected chi connectivity index (χ3v) is 12.3. The number of thiophene rings is 1. The minimum atomic E-state index is 1.01. The molecule has 0 amide bonds. The van der Waals surface area contributed by atoms with Crippen LogP contribution in [0.2, 0.25) is 0 Å². The second kappa shape index (κ2) is 10.5. The quantitative estimate of drug-likeness (QED) is 0.167. The van der Waals surface area contributed by atoms with Crippen LogP contribution < -0.4 is 0 Å². The van der Waals surface area contributed by atoms with Crippen LogP contribution in [0, 0.1) is 0 Å². The molecule has 2 nitrogen and oxygen atoms in total. The first-order valence-corrected chi connectivity index (χ1v) is 18.6. The van der Waals surface area contributed by atoms with Crippen molar-refractivity contribution < 1.29 is 0 Å². The van der Waals surface area contributed by atoms with E-state index in [4.69, 9.17) is 4.98 Å². The minimum Gasteiger partial charge on any atom is -0.291 e. The topological polar surface area (TPSA) is 17.3 Å². The van der Waals surface area contributed by atoms with Gasteiger partial charge in [-0.2, -0.15) is 0 Å². The molecule has 12 rings (SSSR count). The molecule has 0 aliphatic rings. The Bertz CT molecular complexity index is 3420. The molecular weight excluding hydrogens is 649 g/mol. The first kappa shape index (κ1) is 28.2. The summed E-state index contributed by atoms with van der Waals surface area (Å²) in [6.07, 6.45) is 0. The summed E-state index contributed by atoms with van der Waals surface area (Å²) in [4.78, 5) is 5.36.